The van der Waals surface area contributed by atoms with Gasteiger partial charge in [-0.1, -0.05) is 6.92 Å². The third-order valence-corrected chi connectivity index (χ3v) is 1.58. The average molecular weight is 160 g/mol. The molecular weight excluding hydrogens is 144 g/mol. The summed E-state index contributed by atoms with van der Waals surface area (Å²) >= 11 is 0. The normalized spacial score (nSPS) is 15.9. The highest BCUT2D eigenvalue weighted by Gasteiger charge is 2.11. The summed E-state index contributed by atoms with van der Waals surface area (Å²) < 4.78 is 4.87. The molecule has 1 N–H and O–H groups in total. The molecule has 0 rings (SSSR count). The van der Waals surface area contributed by atoms with Crippen LogP contribution < -0.4 is 0 Å². The van der Waals surface area contributed by atoms with Gasteiger partial charge in [0.1, 0.15) is 6.29 Å². The van der Waals surface area contributed by atoms with Crippen LogP contribution in [0.1, 0.15) is 26.7 Å². The second-order valence-corrected chi connectivity index (χ2v) is 2.45. The first-order valence-corrected chi connectivity index (χ1v) is 3.99. The molecule has 0 aliphatic carbocycles. The summed E-state index contributed by atoms with van der Waals surface area (Å²) in [5, 5.41) is 9.10. The molecular formula is C8H16O3. The van der Waals surface area contributed by atoms with E-state index in [1.807, 2.05) is 13.8 Å². The number of ether oxygens (including phenoxy) is 1. The second kappa shape index (κ2) is 6.31. The predicted octanol–water partition coefficient (Wildman–Crippen LogP) is 0.956. The van der Waals surface area contributed by atoms with Gasteiger partial charge in [-0.3, -0.25) is 0 Å². The minimum Gasteiger partial charge on any atom is -0.368 e. The van der Waals surface area contributed by atoms with E-state index in [0.29, 0.717) is 13.0 Å². The minimum atomic E-state index is -0.782. The maximum absolute atomic E-state index is 10.3. The van der Waals surface area contributed by atoms with Gasteiger partial charge in [-0.15, -0.1) is 0 Å². The lowest BCUT2D eigenvalue weighted by atomic mass is 10.0. The van der Waals surface area contributed by atoms with Crippen LogP contribution >= 0.6 is 0 Å². The molecule has 0 saturated carbocycles. The molecule has 0 heterocycles. The fraction of sp³-hybridized carbons (Fsp3) is 0.875. The van der Waals surface area contributed by atoms with Gasteiger partial charge >= 0.3 is 0 Å². The molecule has 3 nitrogen and oxygen atoms in total. The monoisotopic (exact) mass is 160 g/mol. The Balaban J connectivity index is 3.53. The van der Waals surface area contributed by atoms with Gasteiger partial charge in [-0.25, -0.2) is 0 Å². The maximum atomic E-state index is 10.3. The molecule has 0 aromatic rings. The second-order valence-electron chi connectivity index (χ2n) is 2.45. The molecule has 0 amide bonds. The van der Waals surface area contributed by atoms with E-state index in [1.54, 1.807) is 0 Å². The molecule has 11 heavy (non-hydrogen) atoms. The van der Waals surface area contributed by atoms with Crippen LogP contribution in [0.3, 0.4) is 0 Å². The SMILES string of the molecule is CCOC(O)CC(C=O)CC. The summed E-state index contributed by atoms with van der Waals surface area (Å²) in [7, 11) is 0. The van der Waals surface area contributed by atoms with Gasteiger partial charge < -0.3 is 14.6 Å². The number of aldehydes is 1. The summed E-state index contributed by atoms with van der Waals surface area (Å²) in [4.78, 5) is 10.3. The molecule has 66 valence electrons. The van der Waals surface area contributed by atoms with Crippen molar-refractivity contribution in [1.29, 1.82) is 0 Å². The Hall–Kier alpha value is -0.410. The van der Waals surface area contributed by atoms with E-state index in [1.165, 1.54) is 0 Å². The van der Waals surface area contributed by atoms with Gasteiger partial charge in [0.15, 0.2) is 6.29 Å². The lowest BCUT2D eigenvalue weighted by molar-refractivity contribution is -0.123. The third kappa shape index (κ3) is 4.93. The molecule has 0 spiro atoms. The number of hydrogen-bond acceptors (Lipinski definition) is 3. The molecule has 0 aromatic heterocycles. The van der Waals surface area contributed by atoms with E-state index >= 15 is 0 Å². The van der Waals surface area contributed by atoms with Crippen molar-refractivity contribution < 1.29 is 14.6 Å². The number of rotatable bonds is 6. The summed E-state index contributed by atoms with van der Waals surface area (Å²) in [5.41, 5.74) is 0. The Morgan fingerprint density at radius 3 is 2.55 bits per heavy atom. The van der Waals surface area contributed by atoms with Gasteiger partial charge in [0.2, 0.25) is 0 Å². The van der Waals surface area contributed by atoms with E-state index in [4.69, 9.17) is 9.84 Å². The van der Waals surface area contributed by atoms with Crippen molar-refractivity contribution in [3.8, 4) is 0 Å². The average Bonchev–Trinajstić information content (AvgIpc) is 2.01. The summed E-state index contributed by atoms with van der Waals surface area (Å²) in [6, 6.07) is 0. The Labute approximate surface area is 67.4 Å². The first-order valence-electron chi connectivity index (χ1n) is 3.99. The number of hydrogen-bond donors (Lipinski definition) is 1. The fourth-order valence-electron chi connectivity index (χ4n) is 0.838. The van der Waals surface area contributed by atoms with Gasteiger partial charge in [0.05, 0.1) is 0 Å². The molecule has 0 radical (unpaired) electrons. The van der Waals surface area contributed by atoms with Crippen molar-refractivity contribution in [3.63, 3.8) is 0 Å². The Morgan fingerprint density at radius 1 is 1.55 bits per heavy atom. The van der Waals surface area contributed by atoms with Crippen molar-refractivity contribution in [2.45, 2.75) is 33.0 Å². The predicted molar refractivity (Wildman–Crippen MR) is 42.1 cm³/mol. The van der Waals surface area contributed by atoms with Crippen molar-refractivity contribution in [2.75, 3.05) is 6.61 Å². The highest BCUT2D eigenvalue weighted by atomic mass is 16.6. The van der Waals surface area contributed by atoms with Gasteiger partial charge in [-0.05, 0) is 13.3 Å². The zero-order valence-corrected chi connectivity index (χ0v) is 7.12. The lowest BCUT2D eigenvalue weighted by Crippen LogP contribution is -2.17. The first-order chi connectivity index (χ1) is 5.24. The van der Waals surface area contributed by atoms with Crippen LogP contribution in [-0.4, -0.2) is 24.3 Å². The molecule has 0 bridgehead atoms. The van der Waals surface area contributed by atoms with Crippen LogP contribution in [-0.2, 0) is 9.53 Å². The van der Waals surface area contributed by atoms with E-state index in [9.17, 15) is 4.79 Å². The van der Waals surface area contributed by atoms with Gasteiger partial charge in [-0.2, -0.15) is 0 Å². The van der Waals surface area contributed by atoms with Crippen molar-refractivity contribution >= 4 is 6.29 Å². The quantitative estimate of drug-likeness (QED) is 0.465. The van der Waals surface area contributed by atoms with Crippen LogP contribution in [0.4, 0.5) is 0 Å². The van der Waals surface area contributed by atoms with Crippen LogP contribution in [0.2, 0.25) is 0 Å². The molecule has 0 saturated heterocycles. The molecule has 0 aliphatic heterocycles. The molecule has 2 unspecified atom stereocenters. The highest BCUT2D eigenvalue weighted by Crippen LogP contribution is 2.08. The number of carbonyl (C=O) groups excluding carboxylic acids is 1. The molecule has 0 aliphatic rings. The number of aliphatic hydroxyl groups is 1. The zero-order chi connectivity index (χ0) is 8.69. The lowest BCUT2D eigenvalue weighted by Gasteiger charge is -2.13. The number of aliphatic hydroxyl groups excluding tert-OH is 1. The molecule has 2 atom stereocenters. The fourth-order valence-corrected chi connectivity index (χ4v) is 0.838. The van der Waals surface area contributed by atoms with Crippen molar-refractivity contribution in [1.82, 2.24) is 0 Å². The summed E-state index contributed by atoms with van der Waals surface area (Å²) in [6.07, 6.45) is 1.25. The minimum absolute atomic E-state index is 0.0726. The standard InChI is InChI=1S/C8H16O3/c1-3-7(6-9)5-8(10)11-4-2/h6-8,10H,3-5H2,1-2H3. The molecule has 0 aromatic carbocycles. The van der Waals surface area contributed by atoms with Crippen LogP contribution in [0.15, 0.2) is 0 Å². The number of carbonyl (C=O) groups is 1. The Morgan fingerprint density at radius 2 is 2.18 bits per heavy atom. The molecule has 3 heteroatoms. The van der Waals surface area contributed by atoms with Gasteiger partial charge in [0, 0.05) is 18.9 Å². The van der Waals surface area contributed by atoms with Gasteiger partial charge in [0.25, 0.3) is 0 Å². The first kappa shape index (κ1) is 10.6. The summed E-state index contributed by atoms with van der Waals surface area (Å²) in [5.74, 6) is -0.0726. The smallest absolute Gasteiger partial charge is 0.155 e. The summed E-state index contributed by atoms with van der Waals surface area (Å²) in [6.45, 7) is 4.21. The van der Waals surface area contributed by atoms with E-state index in [-0.39, 0.29) is 5.92 Å². The van der Waals surface area contributed by atoms with E-state index in [2.05, 4.69) is 0 Å². The van der Waals surface area contributed by atoms with Crippen molar-refractivity contribution in [2.24, 2.45) is 5.92 Å². The molecule has 0 fully saturated rings. The maximum Gasteiger partial charge on any atom is 0.155 e. The van der Waals surface area contributed by atoms with Crippen molar-refractivity contribution in [3.05, 3.63) is 0 Å². The van der Waals surface area contributed by atoms with Crippen LogP contribution in [0.5, 0.6) is 0 Å². The van der Waals surface area contributed by atoms with Crippen LogP contribution in [0, 0.1) is 5.92 Å². The third-order valence-electron chi connectivity index (χ3n) is 1.58. The Kier molecular flexibility index (Phi) is 6.07. The van der Waals surface area contributed by atoms with Crippen LogP contribution in [0.25, 0.3) is 0 Å². The van der Waals surface area contributed by atoms with E-state index in [0.717, 1.165) is 12.7 Å². The topological polar surface area (TPSA) is 46.5 Å². The Bertz CT molecular complexity index is 104. The largest absolute Gasteiger partial charge is 0.368 e. The highest BCUT2D eigenvalue weighted by molar-refractivity contribution is 5.53. The van der Waals surface area contributed by atoms with E-state index < -0.39 is 6.29 Å². The zero-order valence-electron chi connectivity index (χ0n) is 7.12.